The summed E-state index contributed by atoms with van der Waals surface area (Å²) in [6, 6.07) is 43.1. The lowest BCUT2D eigenvalue weighted by atomic mass is 10.00. The van der Waals surface area contributed by atoms with Crippen LogP contribution >= 0.6 is 7.26 Å². The van der Waals surface area contributed by atoms with Crippen LogP contribution in [0.4, 0.5) is 11.4 Å². The molecule has 0 amide bonds. The Morgan fingerprint density at radius 2 is 0.826 bits per heavy atom. The van der Waals surface area contributed by atoms with Crippen LogP contribution in [0.3, 0.4) is 0 Å². The van der Waals surface area contributed by atoms with Crippen molar-refractivity contribution in [2.75, 3.05) is 42.6 Å². The monoisotopic (exact) mass is 621 g/mol. The van der Waals surface area contributed by atoms with E-state index in [1.54, 1.807) is 0 Å². The molecule has 1 aliphatic rings. The topological polar surface area (TPSA) is 6.48 Å². The van der Waals surface area contributed by atoms with Gasteiger partial charge in [0.1, 0.15) is 23.2 Å². The molecule has 2 nitrogen and oxygen atoms in total. The number of benzene rings is 5. The summed E-state index contributed by atoms with van der Waals surface area (Å²) in [7, 11) is -1.75. The number of hydrogen-bond acceptors (Lipinski definition) is 2. The minimum atomic E-state index is -1.75. The fraction of sp³-hybridized carbons (Fsp3) is 0.209. The Morgan fingerprint density at radius 1 is 0.457 bits per heavy atom. The molecule has 0 saturated heterocycles. The molecular weight excluding hydrogens is 575 g/mol. The molecule has 5 aromatic carbocycles. The molecular formula is C43H46N2P+. The second-order valence-corrected chi connectivity index (χ2v) is 15.6. The van der Waals surface area contributed by atoms with E-state index in [0.717, 1.165) is 26.2 Å². The third-order valence-electron chi connectivity index (χ3n) is 9.55. The highest BCUT2D eigenvalue weighted by molar-refractivity contribution is 7.96. The number of rotatable bonds is 11. The summed E-state index contributed by atoms with van der Waals surface area (Å²) in [5, 5.41) is 4.38. The molecule has 0 aromatic heterocycles. The van der Waals surface area contributed by atoms with Crippen LogP contribution in [0.2, 0.25) is 0 Å². The first-order chi connectivity index (χ1) is 22.5. The highest BCUT2D eigenvalue weighted by Crippen LogP contribution is 2.59. The molecule has 0 bridgehead atoms. The summed E-state index contributed by atoms with van der Waals surface area (Å²) in [5.41, 5.74) is 10.2. The van der Waals surface area contributed by atoms with Crippen LogP contribution in [0, 0.1) is 0 Å². The van der Waals surface area contributed by atoms with Gasteiger partial charge in [0.05, 0.1) is 6.66 Å². The van der Waals surface area contributed by atoms with E-state index >= 15 is 0 Å². The van der Waals surface area contributed by atoms with E-state index in [-0.39, 0.29) is 0 Å². The first-order valence-electron chi connectivity index (χ1n) is 16.8. The normalized spacial score (nSPS) is 13.2. The van der Waals surface area contributed by atoms with Crippen LogP contribution in [0.25, 0.3) is 35.4 Å². The summed E-state index contributed by atoms with van der Waals surface area (Å²) in [4.78, 5) is 4.76. The zero-order chi connectivity index (χ0) is 32.1. The highest BCUT2D eigenvalue weighted by atomic mass is 31.2. The molecule has 3 heteroatoms. The average molecular weight is 622 g/mol. The SMILES string of the molecule is CCN(CC)c1ccc(/C=C/c2ccc3c(c2)-c2cc(/C=C/c4ccc(N(CC)CC)cc4)ccc2[P+]3(C)c2ccccc2)cc1. The van der Waals surface area contributed by atoms with Crippen LogP contribution in [-0.2, 0) is 0 Å². The van der Waals surface area contributed by atoms with Gasteiger partial charge in [0.15, 0.2) is 0 Å². The molecule has 0 N–H and O–H groups in total. The van der Waals surface area contributed by atoms with Gasteiger partial charge in [0.25, 0.3) is 0 Å². The smallest absolute Gasteiger partial charge is 0.112 e. The van der Waals surface area contributed by atoms with Crippen LogP contribution in [-0.4, -0.2) is 32.8 Å². The molecule has 1 heterocycles. The lowest BCUT2D eigenvalue weighted by Crippen LogP contribution is -2.26. The molecule has 46 heavy (non-hydrogen) atoms. The van der Waals surface area contributed by atoms with Crippen molar-refractivity contribution in [2.45, 2.75) is 27.7 Å². The highest BCUT2D eigenvalue weighted by Gasteiger charge is 2.49. The van der Waals surface area contributed by atoms with Gasteiger partial charge < -0.3 is 9.80 Å². The Labute approximate surface area is 277 Å². The molecule has 6 rings (SSSR count). The Bertz CT molecular complexity index is 1710. The van der Waals surface area contributed by atoms with Crippen molar-refractivity contribution in [1.29, 1.82) is 0 Å². The Kier molecular flexibility index (Phi) is 9.57. The first kappa shape index (κ1) is 31.6. The van der Waals surface area contributed by atoms with E-state index in [4.69, 9.17) is 0 Å². The molecule has 0 unspecified atom stereocenters. The maximum Gasteiger partial charge on any atom is 0.112 e. The predicted molar refractivity (Wildman–Crippen MR) is 208 cm³/mol. The Balaban J connectivity index is 1.34. The van der Waals surface area contributed by atoms with E-state index < -0.39 is 7.26 Å². The average Bonchev–Trinajstić information content (AvgIpc) is 3.36. The zero-order valence-corrected chi connectivity index (χ0v) is 28.8. The quantitative estimate of drug-likeness (QED) is 0.107. The molecule has 0 atom stereocenters. The summed E-state index contributed by atoms with van der Waals surface area (Å²) in [5.74, 6) is 0. The van der Waals surface area contributed by atoms with E-state index in [1.807, 2.05) is 0 Å². The predicted octanol–water partition coefficient (Wildman–Crippen LogP) is 9.62. The van der Waals surface area contributed by atoms with Crippen molar-refractivity contribution < 1.29 is 0 Å². The molecule has 0 aliphatic carbocycles. The Morgan fingerprint density at radius 3 is 1.22 bits per heavy atom. The van der Waals surface area contributed by atoms with E-state index in [9.17, 15) is 0 Å². The molecule has 0 saturated carbocycles. The number of nitrogens with zero attached hydrogens (tertiary/aromatic N) is 2. The van der Waals surface area contributed by atoms with Crippen LogP contribution in [0.15, 0.2) is 115 Å². The van der Waals surface area contributed by atoms with Gasteiger partial charge in [-0.15, -0.1) is 0 Å². The second-order valence-electron chi connectivity index (χ2n) is 12.1. The lowest BCUT2D eigenvalue weighted by molar-refractivity contribution is 0.866. The maximum absolute atomic E-state index is 2.49. The number of anilines is 2. The van der Waals surface area contributed by atoms with Gasteiger partial charge in [-0.05, 0) is 111 Å². The maximum atomic E-state index is 2.49. The fourth-order valence-corrected chi connectivity index (χ4v) is 10.5. The third kappa shape index (κ3) is 6.20. The minimum absolute atomic E-state index is 1.02. The van der Waals surface area contributed by atoms with Crippen LogP contribution < -0.4 is 25.7 Å². The second kappa shape index (κ2) is 13.9. The van der Waals surface area contributed by atoms with Gasteiger partial charge in [-0.2, -0.15) is 0 Å². The van der Waals surface area contributed by atoms with Crippen molar-refractivity contribution >= 4 is 58.9 Å². The van der Waals surface area contributed by atoms with E-state index in [1.165, 1.54) is 60.7 Å². The van der Waals surface area contributed by atoms with Gasteiger partial charge in [-0.25, -0.2) is 0 Å². The third-order valence-corrected chi connectivity index (χ3v) is 13.6. The molecule has 0 fully saturated rings. The van der Waals surface area contributed by atoms with Gasteiger partial charge in [-0.3, -0.25) is 0 Å². The first-order valence-corrected chi connectivity index (χ1v) is 19.0. The van der Waals surface area contributed by atoms with Crippen LogP contribution in [0.1, 0.15) is 49.9 Å². The number of fused-ring (bicyclic) bond motifs is 3. The van der Waals surface area contributed by atoms with Crippen LogP contribution in [0.5, 0.6) is 0 Å². The molecule has 232 valence electrons. The number of hydrogen-bond donors (Lipinski definition) is 0. The van der Waals surface area contributed by atoms with Crippen molar-refractivity contribution in [3.05, 3.63) is 138 Å². The fourth-order valence-electron chi connectivity index (χ4n) is 6.82. The van der Waals surface area contributed by atoms with Gasteiger partial charge in [0.2, 0.25) is 0 Å². The minimum Gasteiger partial charge on any atom is -0.372 e. The lowest BCUT2D eigenvalue weighted by Gasteiger charge is -2.20. The molecule has 1 aliphatic heterocycles. The van der Waals surface area contributed by atoms with Crippen molar-refractivity contribution in [3.63, 3.8) is 0 Å². The molecule has 0 spiro atoms. The van der Waals surface area contributed by atoms with Crippen molar-refractivity contribution in [2.24, 2.45) is 0 Å². The zero-order valence-electron chi connectivity index (χ0n) is 27.9. The summed E-state index contributed by atoms with van der Waals surface area (Å²) in [6.45, 7) is 15.4. The summed E-state index contributed by atoms with van der Waals surface area (Å²) >= 11 is 0. The van der Waals surface area contributed by atoms with E-state index in [2.05, 4.69) is 184 Å². The summed E-state index contributed by atoms with van der Waals surface area (Å²) < 4.78 is 0. The van der Waals surface area contributed by atoms with E-state index in [0.29, 0.717) is 0 Å². The van der Waals surface area contributed by atoms with Gasteiger partial charge in [0, 0.05) is 48.7 Å². The van der Waals surface area contributed by atoms with Gasteiger partial charge >= 0.3 is 0 Å². The largest absolute Gasteiger partial charge is 0.372 e. The standard InChI is InChI=1S/C43H46N2P/c1-6-44(7-2)37-25-19-33(20-26-37)15-17-35-23-29-42-40(31-35)41-32-36(18-16-34-21-27-38(28-22-34)45(8-3)9-4)24-30-43(41)46(42,5)39-13-11-10-12-14-39/h10-32H,6-9H2,1-5H3/q+1/b17-15+,18-16+. The van der Waals surface area contributed by atoms with Crippen molar-refractivity contribution in [3.8, 4) is 11.1 Å². The van der Waals surface area contributed by atoms with Gasteiger partial charge in [-0.1, -0.05) is 78.9 Å². The summed E-state index contributed by atoms with van der Waals surface area (Å²) in [6.07, 6.45) is 8.99. The molecule has 5 aromatic rings. The Hall–Kier alpha value is -4.39. The van der Waals surface area contributed by atoms with Crippen molar-refractivity contribution in [1.82, 2.24) is 0 Å². The molecule has 0 radical (unpaired) electrons.